The van der Waals surface area contributed by atoms with Crippen molar-refractivity contribution >= 4 is 28.3 Å². The Hall–Kier alpha value is -2.60. The topological polar surface area (TPSA) is 60.1 Å². The quantitative estimate of drug-likeness (QED) is 0.658. The van der Waals surface area contributed by atoms with Crippen LogP contribution in [0.15, 0.2) is 35.3 Å². The standard InChI is InChI=1S/C22H25ClN4O2/c1-15-18-12-24-27(14-20(28)25-10-6-3-7-11-25)22(29)21(18)16(2)26(15)13-17-8-4-5-9-19(17)23/h4-5,8-9,12H,3,6-7,10-11,13-14H2,1-2H3. The van der Waals surface area contributed by atoms with Crippen LogP contribution in [0, 0.1) is 13.8 Å². The molecule has 0 N–H and O–H groups in total. The zero-order chi connectivity index (χ0) is 20.5. The predicted octanol–water partition coefficient (Wildman–Crippen LogP) is 3.53. The minimum Gasteiger partial charge on any atom is -0.343 e. The van der Waals surface area contributed by atoms with Gasteiger partial charge in [-0.15, -0.1) is 0 Å². The van der Waals surface area contributed by atoms with Crippen LogP contribution in [-0.4, -0.2) is 38.2 Å². The van der Waals surface area contributed by atoms with E-state index in [4.69, 9.17) is 11.6 Å². The average molecular weight is 413 g/mol. The normalized spacial score (nSPS) is 14.5. The highest BCUT2D eigenvalue weighted by Gasteiger charge is 2.21. The number of benzene rings is 1. The van der Waals surface area contributed by atoms with Gasteiger partial charge in [-0.25, -0.2) is 4.68 Å². The highest BCUT2D eigenvalue weighted by Crippen LogP contribution is 2.25. The second-order valence-electron chi connectivity index (χ2n) is 7.69. The molecule has 1 aliphatic heterocycles. The zero-order valence-electron chi connectivity index (χ0n) is 16.8. The first-order valence-electron chi connectivity index (χ1n) is 10.0. The van der Waals surface area contributed by atoms with E-state index in [-0.39, 0.29) is 18.0 Å². The first-order valence-corrected chi connectivity index (χ1v) is 10.4. The summed E-state index contributed by atoms with van der Waals surface area (Å²) in [6.07, 6.45) is 4.91. The number of aryl methyl sites for hydroxylation is 2. The van der Waals surface area contributed by atoms with Gasteiger partial charge in [0.05, 0.1) is 11.6 Å². The number of carbonyl (C=O) groups excluding carboxylic acids is 1. The maximum Gasteiger partial charge on any atom is 0.276 e. The largest absolute Gasteiger partial charge is 0.343 e. The number of aromatic nitrogens is 3. The van der Waals surface area contributed by atoms with Crippen LogP contribution < -0.4 is 5.56 Å². The number of hydrogen-bond acceptors (Lipinski definition) is 3. The minimum absolute atomic E-state index is 0.0110. The van der Waals surface area contributed by atoms with E-state index in [1.54, 1.807) is 6.20 Å². The minimum atomic E-state index is -0.216. The summed E-state index contributed by atoms with van der Waals surface area (Å²) in [6.45, 7) is 6.02. The highest BCUT2D eigenvalue weighted by atomic mass is 35.5. The van der Waals surface area contributed by atoms with Gasteiger partial charge in [0.25, 0.3) is 5.56 Å². The van der Waals surface area contributed by atoms with E-state index < -0.39 is 0 Å². The molecule has 0 atom stereocenters. The number of fused-ring (bicyclic) bond motifs is 1. The second kappa shape index (κ2) is 8.03. The van der Waals surface area contributed by atoms with Gasteiger partial charge >= 0.3 is 0 Å². The maximum absolute atomic E-state index is 13.1. The van der Waals surface area contributed by atoms with Crippen LogP contribution in [0.5, 0.6) is 0 Å². The molecule has 7 heteroatoms. The summed E-state index contributed by atoms with van der Waals surface area (Å²) in [7, 11) is 0. The number of halogens is 1. The Bertz CT molecular complexity index is 1130. The van der Waals surface area contributed by atoms with Crippen LogP contribution in [0.3, 0.4) is 0 Å². The van der Waals surface area contributed by atoms with Gasteiger partial charge in [-0.3, -0.25) is 9.59 Å². The van der Waals surface area contributed by atoms with Gasteiger partial charge in [0.1, 0.15) is 6.54 Å². The van der Waals surface area contributed by atoms with Crippen LogP contribution in [-0.2, 0) is 17.9 Å². The molecule has 3 aromatic rings. The lowest BCUT2D eigenvalue weighted by atomic mass is 10.1. The van der Waals surface area contributed by atoms with Gasteiger partial charge in [0, 0.05) is 41.4 Å². The molecule has 0 radical (unpaired) electrons. The molecule has 152 valence electrons. The molecule has 1 aliphatic rings. The summed E-state index contributed by atoms with van der Waals surface area (Å²) in [5, 5.41) is 6.44. The highest BCUT2D eigenvalue weighted by molar-refractivity contribution is 6.31. The first-order chi connectivity index (χ1) is 14.0. The van der Waals surface area contributed by atoms with Crippen molar-refractivity contribution in [3.05, 3.63) is 62.8 Å². The number of nitrogens with zero attached hydrogens (tertiary/aromatic N) is 4. The summed E-state index contributed by atoms with van der Waals surface area (Å²) < 4.78 is 3.39. The fourth-order valence-corrected chi connectivity index (χ4v) is 4.36. The number of likely N-dealkylation sites (tertiary alicyclic amines) is 1. The van der Waals surface area contributed by atoms with Crippen molar-refractivity contribution in [1.82, 2.24) is 19.2 Å². The molecule has 1 saturated heterocycles. The summed E-state index contributed by atoms with van der Waals surface area (Å²) in [4.78, 5) is 27.6. The van der Waals surface area contributed by atoms with E-state index in [0.717, 1.165) is 54.7 Å². The Labute approximate surface area is 174 Å². The molecule has 0 bridgehead atoms. The molecule has 4 rings (SSSR count). The fourth-order valence-electron chi connectivity index (χ4n) is 4.16. The molecule has 0 spiro atoms. The average Bonchev–Trinajstić information content (AvgIpc) is 2.97. The van der Waals surface area contributed by atoms with Crippen molar-refractivity contribution in [2.75, 3.05) is 13.1 Å². The lowest BCUT2D eigenvalue weighted by molar-refractivity contribution is -0.133. The van der Waals surface area contributed by atoms with Crippen LogP contribution in [0.4, 0.5) is 0 Å². The van der Waals surface area contributed by atoms with Crippen molar-refractivity contribution in [2.24, 2.45) is 0 Å². The number of amides is 1. The van der Waals surface area contributed by atoms with Crippen LogP contribution >= 0.6 is 11.6 Å². The van der Waals surface area contributed by atoms with Crippen molar-refractivity contribution in [2.45, 2.75) is 46.2 Å². The van der Waals surface area contributed by atoms with Crippen LogP contribution in [0.1, 0.15) is 36.2 Å². The molecule has 3 heterocycles. The van der Waals surface area contributed by atoms with E-state index in [1.807, 2.05) is 43.0 Å². The molecule has 1 aromatic carbocycles. The molecule has 1 amide bonds. The molecular weight excluding hydrogens is 388 g/mol. The summed E-state index contributed by atoms with van der Waals surface area (Å²) in [6, 6.07) is 7.71. The monoisotopic (exact) mass is 412 g/mol. The van der Waals surface area contributed by atoms with Crippen molar-refractivity contribution < 1.29 is 4.79 Å². The number of carbonyl (C=O) groups is 1. The van der Waals surface area contributed by atoms with Crippen LogP contribution in [0.25, 0.3) is 10.8 Å². The Morgan fingerprint density at radius 3 is 2.55 bits per heavy atom. The smallest absolute Gasteiger partial charge is 0.276 e. The molecular formula is C22H25ClN4O2. The number of hydrogen-bond donors (Lipinski definition) is 0. The summed E-state index contributed by atoms with van der Waals surface area (Å²) in [5.74, 6) is -0.0384. The van der Waals surface area contributed by atoms with E-state index in [2.05, 4.69) is 9.67 Å². The van der Waals surface area contributed by atoms with Gasteiger partial charge in [0.15, 0.2) is 0 Å². The van der Waals surface area contributed by atoms with Gasteiger partial charge in [-0.05, 0) is 44.7 Å². The molecule has 6 nitrogen and oxygen atoms in total. The summed E-state index contributed by atoms with van der Waals surface area (Å²) in [5.41, 5.74) is 2.61. The molecule has 0 saturated carbocycles. The Morgan fingerprint density at radius 2 is 1.83 bits per heavy atom. The molecule has 0 aliphatic carbocycles. The van der Waals surface area contributed by atoms with E-state index in [0.29, 0.717) is 17.0 Å². The maximum atomic E-state index is 13.1. The number of rotatable bonds is 4. The van der Waals surface area contributed by atoms with E-state index in [1.165, 1.54) is 4.68 Å². The lowest BCUT2D eigenvalue weighted by Crippen LogP contribution is -2.40. The third kappa shape index (κ3) is 3.69. The Balaban J connectivity index is 1.69. The molecule has 0 unspecified atom stereocenters. The van der Waals surface area contributed by atoms with Crippen molar-refractivity contribution in [3.8, 4) is 0 Å². The SMILES string of the molecule is Cc1c2cnn(CC(=O)N3CCCCC3)c(=O)c2c(C)n1Cc1ccccc1Cl. The van der Waals surface area contributed by atoms with Gasteiger partial charge in [-0.2, -0.15) is 5.10 Å². The zero-order valence-corrected chi connectivity index (χ0v) is 17.6. The van der Waals surface area contributed by atoms with Gasteiger partial charge < -0.3 is 9.47 Å². The molecule has 1 fully saturated rings. The molecule has 29 heavy (non-hydrogen) atoms. The van der Waals surface area contributed by atoms with Crippen molar-refractivity contribution in [3.63, 3.8) is 0 Å². The second-order valence-corrected chi connectivity index (χ2v) is 8.09. The van der Waals surface area contributed by atoms with E-state index >= 15 is 0 Å². The number of piperidine rings is 1. The third-order valence-corrected chi connectivity index (χ3v) is 6.25. The first kappa shape index (κ1) is 19.7. The molecule has 2 aromatic heterocycles. The lowest BCUT2D eigenvalue weighted by Gasteiger charge is -2.26. The Kier molecular flexibility index (Phi) is 5.46. The Morgan fingerprint density at radius 1 is 1.10 bits per heavy atom. The fraction of sp³-hybridized carbons (Fsp3) is 0.409. The third-order valence-electron chi connectivity index (χ3n) is 5.89. The predicted molar refractivity (Wildman–Crippen MR) is 114 cm³/mol. The van der Waals surface area contributed by atoms with E-state index in [9.17, 15) is 9.59 Å². The van der Waals surface area contributed by atoms with Gasteiger partial charge in [-0.1, -0.05) is 29.8 Å². The van der Waals surface area contributed by atoms with Crippen molar-refractivity contribution in [1.29, 1.82) is 0 Å². The summed E-state index contributed by atoms with van der Waals surface area (Å²) >= 11 is 6.33. The van der Waals surface area contributed by atoms with Crippen LogP contribution in [0.2, 0.25) is 5.02 Å². The van der Waals surface area contributed by atoms with Gasteiger partial charge in [0.2, 0.25) is 5.91 Å².